The number of benzene rings is 2. The van der Waals surface area contributed by atoms with E-state index >= 15 is 0 Å². The predicted octanol–water partition coefficient (Wildman–Crippen LogP) is 3.28. The van der Waals surface area contributed by atoms with Crippen molar-refractivity contribution < 1.29 is 0 Å². The van der Waals surface area contributed by atoms with Crippen LogP contribution in [0.15, 0.2) is 48.5 Å². The van der Waals surface area contributed by atoms with E-state index in [1.165, 1.54) is 22.4 Å². The third-order valence-corrected chi connectivity index (χ3v) is 6.34. The summed E-state index contributed by atoms with van der Waals surface area (Å²) in [5.41, 5.74) is 12.4. The summed E-state index contributed by atoms with van der Waals surface area (Å²) < 4.78 is 0. The molecule has 4 nitrogen and oxygen atoms in total. The summed E-state index contributed by atoms with van der Waals surface area (Å²) in [7, 11) is 0. The number of rotatable bonds is 4. The zero-order chi connectivity index (χ0) is 18.8. The van der Waals surface area contributed by atoms with Gasteiger partial charge in [0.2, 0.25) is 0 Å². The lowest BCUT2D eigenvalue weighted by molar-refractivity contribution is 0.158. The second kappa shape index (κ2) is 8.01. The van der Waals surface area contributed by atoms with Gasteiger partial charge in [0.15, 0.2) is 0 Å². The van der Waals surface area contributed by atoms with Crippen LogP contribution in [-0.4, -0.2) is 43.7 Å². The quantitative estimate of drug-likeness (QED) is 0.872. The number of hydrogen-bond acceptors (Lipinski definition) is 4. The first-order valence-electron chi connectivity index (χ1n) is 10.2. The lowest BCUT2D eigenvalue weighted by Crippen LogP contribution is -2.53. The normalized spacial score (nSPS) is 26.5. The first-order valence-corrected chi connectivity index (χ1v) is 10.2. The number of para-hydroxylation sites is 1. The van der Waals surface area contributed by atoms with E-state index < -0.39 is 0 Å². The highest BCUT2D eigenvalue weighted by molar-refractivity contribution is 5.46. The second-order valence-electron chi connectivity index (χ2n) is 8.23. The van der Waals surface area contributed by atoms with Crippen molar-refractivity contribution in [3.8, 4) is 0 Å². The molecule has 0 aromatic heterocycles. The maximum atomic E-state index is 3.52. The van der Waals surface area contributed by atoms with Crippen LogP contribution in [0.2, 0.25) is 0 Å². The van der Waals surface area contributed by atoms with E-state index in [1.54, 1.807) is 0 Å². The molecule has 2 fully saturated rings. The molecular formula is C23H32N4. The van der Waals surface area contributed by atoms with Gasteiger partial charge in [0.05, 0.1) is 6.04 Å². The van der Waals surface area contributed by atoms with E-state index in [0.29, 0.717) is 18.0 Å². The summed E-state index contributed by atoms with van der Waals surface area (Å²) in [4.78, 5) is 5.19. The van der Waals surface area contributed by atoms with Crippen LogP contribution in [0.1, 0.15) is 29.7 Å². The minimum atomic E-state index is 0.392. The van der Waals surface area contributed by atoms with E-state index in [2.05, 4.69) is 90.0 Å². The zero-order valence-corrected chi connectivity index (χ0v) is 16.8. The van der Waals surface area contributed by atoms with Gasteiger partial charge in [-0.1, -0.05) is 36.4 Å². The van der Waals surface area contributed by atoms with Gasteiger partial charge in [-0.05, 0) is 49.6 Å². The summed E-state index contributed by atoms with van der Waals surface area (Å²) in [6, 6.07) is 18.7. The molecule has 0 radical (unpaired) electrons. The molecule has 2 saturated heterocycles. The van der Waals surface area contributed by atoms with Crippen LogP contribution in [0.4, 0.5) is 5.69 Å². The molecule has 3 atom stereocenters. The highest BCUT2D eigenvalue weighted by atomic mass is 15.4. The number of anilines is 1. The van der Waals surface area contributed by atoms with Gasteiger partial charge < -0.3 is 4.90 Å². The van der Waals surface area contributed by atoms with Crippen molar-refractivity contribution in [1.29, 1.82) is 0 Å². The monoisotopic (exact) mass is 364 g/mol. The molecule has 0 amide bonds. The fraction of sp³-hybridized carbons (Fsp3) is 0.478. The molecular weight excluding hydrogens is 332 g/mol. The Hall–Kier alpha value is -1.88. The van der Waals surface area contributed by atoms with Crippen LogP contribution in [0.3, 0.4) is 0 Å². The Morgan fingerprint density at radius 1 is 1.00 bits per heavy atom. The summed E-state index contributed by atoms with van der Waals surface area (Å²) in [5.74, 6) is 0.595. The molecule has 2 aromatic carbocycles. The van der Waals surface area contributed by atoms with Crippen LogP contribution in [-0.2, 0) is 0 Å². The molecule has 2 aromatic rings. The lowest BCUT2D eigenvalue weighted by Gasteiger charge is -2.42. The number of nitrogens with one attached hydrogen (secondary N) is 2. The van der Waals surface area contributed by atoms with Gasteiger partial charge in [-0.25, -0.2) is 5.43 Å². The average molecular weight is 365 g/mol. The van der Waals surface area contributed by atoms with Crippen molar-refractivity contribution in [2.75, 3.05) is 37.6 Å². The molecule has 2 aliphatic rings. The fourth-order valence-electron chi connectivity index (χ4n) is 4.46. The van der Waals surface area contributed by atoms with Gasteiger partial charge in [-0.15, -0.1) is 0 Å². The van der Waals surface area contributed by atoms with E-state index in [0.717, 1.165) is 32.7 Å². The van der Waals surface area contributed by atoms with E-state index in [9.17, 15) is 0 Å². The van der Waals surface area contributed by atoms with Crippen LogP contribution in [0, 0.1) is 19.8 Å². The maximum Gasteiger partial charge on any atom is 0.0515 e. The van der Waals surface area contributed by atoms with Gasteiger partial charge >= 0.3 is 0 Å². The van der Waals surface area contributed by atoms with Crippen LogP contribution in [0.5, 0.6) is 0 Å². The summed E-state index contributed by atoms with van der Waals surface area (Å²) in [5, 5.41) is 0. The molecule has 2 N–H and O–H groups in total. The SMILES string of the molecule is Cc1ccc(C2NNCC2CN2CCN(c3ccccc3)CC2C)cc1C. The largest absolute Gasteiger partial charge is 0.369 e. The number of piperazine rings is 1. The van der Waals surface area contributed by atoms with Crippen molar-refractivity contribution >= 4 is 5.69 Å². The van der Waals surface area contributed by atoms with Crippen LogP contribution < -0.4 is 15.8 Å². The Labute approximate surface area is 163 Å². The Balaban J connectivity index is 1.40. The number of hydrazine groups is 1. The number of aryl methyl sites for hydroxylation is 2. The predicted molar refractivity (Wildman–Crippen MR) is 113 cm³/mol. The highest BCUT2D eigenvalue weighted by Crippen LogP contribution is 2.28. The second-order valence-corrected chi connectivity index (χ2v) is 8.23. The molecule has 0 spiro atoms. The smallest absolute Gasteiger partial charge is 0.0515 e. The summed E-state index contributed by atoms with van der Waals surface area (Å²) >= 11 is 0. The van der Waals surface area contributed by atoms with Gasteiger partial charge in [-0.2, -0.15) is 0 Å². The van der Waals surface area contributed by atoms with Gasteiger partial charge in [0.1, 0.15) is 0 Å². The average Bonchev–Trinajstić information content (AvgIpc) is 3.14. The van der Waals surface area contributed by atoms with Crippen molar-refractivity contribution in [1.82, 2.24) is 15.8 Å². The van der Waals surface area contributed by atoms with Crippen molar-refractivity contribution in [3.05, 3.63) is 65.2 Å². The van der Waals surface area contributed by atoms with Crippen molar-refractivity contribution in [2.24, 2.45) is 5.92 Å². The van der Waals surface area contributed by atoms with Gasteiger partial charge in [0, 0.05) is 50.4 Å². The molecule has 4 heteroatoms. The molecule has 0 aliphatic carbocycles. The lowest BCUT2D eigenvalue weighted by atomic mass is 9.92. The Morgan fingerprint density at radius 2 is 1.81 bits per heavy atom. The van der Waals surface area contributed by atoms with Crippen molar-refractivity contribution in [3.63, 3.8) is 0 Å². The molecule has 0 bridgehead atoms. The molecule has 3 unspecified atom stereocenters. The molecule has 27 heavy (non-hydrogen) atoms. The third-order valence-electron chi connectivity index (χ3n) is 6.34. The third kappa shape index (κ3) is 4.03. The zero-order valence-electron chi connectivity index (χ0n) is 16.8. The molecule has 2 heterocycles. The first-order chi connectivity index (χ1) is 13.1. The van der Waals surface area contributed by atoms with Crippen molar-refractivity contribution in [2.45, 2.75) is 32.9 Å². The number of hydrogen-bond donors (Lipinski definition) is 2. The Morgan fingerprint density at radius 3 is 2.56 bits per heavy atom. The highest BCUT2D eigenvalue weighted by Gasteiger charge is 2.33. The van der Waals surface area contributed by atoms with E-state index in [-0.39, 0.29) is 0 Å². The standard InChI is InChI=1S/C23H32N4/c1-17-9-10-20(13-18(17)2)23-21(14-24-25-23)16-26-11-12-27(15-19(26)3)22-7-5-4-6-8-22/h4-10,13,19,21,23-25H,11-12,14-16H2,1-3H3. The van der Waals surface area contributed by atoms with Gasteiger partial charge in [0.25, 0.3) is 0 Å². The molecule has 4 rings (SSSR count). The summed E-state index contributed by atoms with van der Waals surface area (Å²) in [6.07, 6.45) is 0. The van der Waals surface area contributed by atoms with Crippen LogP contribution in [0.25, 0.3) is 0 Å². The maximum absolute atomic E-state index is 3.52. The van der Waals surface area contributed by atoms with Crippen LogP contribution >= 0.6 is 0 Å². The minimum Gasteiger partial charge on any atom is -0.369 e. The number of nitrogens with zero attached hydrogens (tertiary/aromatic N) is 2. The first kappa shape index (κ1) is 18.5. The van der Waals surface area contributed by atoms with E-state index in [1.807, 2.05) is 0 Å². The van der Waals surface area contributed by atoms with E-state index in [4.69, 9.17) is 0 Å². The topological polar surface area (TPSA) is 30.5 Å². The fourth-order valence-corrected chi connectivity index (χ4v) is 4.46. The minimum absolute atomic E-state index is 0.392. The summed E-state index contributed by atoms with van der Waals surface area (Å²) in [6.45, 7) is 12.3. The van der Waals surface area contributed by atoms with Gasteiger partial charge in [-0.3, -0.25) is 10.3 Å². The Kier molecular flexibility index (Phi) is 5.48. The molecule has 144 valence electrons. The molecule has 0 saturated carbocycles. The Bertz CT molecular complexity index is 760. The molecule has 2 aliphatic heterocycles.